The van der Waals surface area contributed by atoms with E-state index in [1.165, 1.54) is 12.1 Å². The number of halogens is 1. The average Bonchev–Trinajstić information content (AvgIpc) is 2.31. The van der Waals surface area contributed by atoms with E-state index in [2.05, 4.69) is 4.98 Å². The molecule has 0 unspecified atom stereocenters. The van der Waals surface area contributed by atoms with Gasteiger partial charge in [-0.05, 0) is 31.2 Å². The van der Waals surface area contributed by atoms with E-state index in [-0.39, 0.29) is 17.1 Å². The van der Waals surface area contributed by atoms with Crippen molar-refractivity contribution in [3.8, 4) is 11.5 Å². The highest BCUT2D eigenvalue weighted by molar-refractivity contribution is 5.98. The maximum atomic E-state index is 13.6. The Hall–Kier alpha value is -2.43. The minimum absolute atomic E-state index is 0.0410. The van der Waals surface area contributed by atoms with Gasteiger partial charge in [0, 0.05) is 6.20 Å². The first-order valence-electron chi connectivity index (χ1n) is 5.32. The number of nitrogens with two attached hydrogens (primary N) is 1. The fourth-order valence-electron chi connectivity index (χ4n) is 1.55. The number of benzene rings is 1. The number of aryl methyl sites for hydroxylation is 1. The fraction of sp³-hybridized carbons (Fsp3) is 0.0769. The fourth-order valence-corrected chi connectivity index (χ4v) is 1.55. The Morgan fingerprint density at radius 3 is 2.67 bits per heavy atom. The second-order valence-electron chi connectivity index (χ2n) is 3.72. The SMILES string of the molecule is Cc1ncccc1Oc1cccc(F)c1C(=N)N. The molecule has 0 amide bonds. The second-order valence-corrected chi connectivity index (χ2v) is 3.72. The van der Waals surface area contributed by atoms with Gasteiger partial charge in [-0.1, -0.05) is 6.07 Å². The first-order valence-corrected chi connectivity index (χ1v) is 5.32. The summed E-state index contributed by atoms with van der Waals surface area (Å²) in [5, 5.41) is 7.38. The molecule has 0 bridgehead atoms. The van der Waals surface area contributed by atoms with Crippen LogP contribution in [0.2, 0.25) is 0 Å². The quantitative estimate of drug-likeness (QED) is 0.645. The summed E-state index contributed by atoms with van der Waals surface area (Å²) in [6, 6.07) is 7.74. The number of aromatic nitrogens is 1. The zero-order valence-electron chi connectivity index (χ0n) is 9.77. The van der Waals surface area contributed by atoms with E-state index < -0.39 is 5.82 Å². The first kappa shape index (κ1) is 12.0. The average molecular weight is 245 g/mol. The van der Waals surface area contributed by atoms with Gasteiger partial charge in [-0.25, -0.2) is 4.39 Å². The van der Waals surface area contributed by atoms with Gasteiger partial charge in [0.15, 0.2) is 0 Å². The van der Waals surface area contributed by atoms with Crippen molar-refractivity contribution in [1.82, 2.24) is 4.98 Å². The number of pyridine rings is 1. The largest absolute Gasteiger partial charge is 0.455 e. The molecule has 0 saturated heterocycles. The minimum atomic E-state index is -0.582. The van der Waals surface area contributed by atoms with Crippen LogP contribution in [0.25, 0.3) is 0 Å². The molecule has 0 aliphatic rings. The molecule has 0 spiro atoms. The van der Waals surface area contributed by atoms with Crippen molar-refractivity contribution >= 4 is 5.84 Å². The number of nitrogen functional groups attached to an aromatic ring is 1. The van der Waals surface area contributed by atoms with Gasteiger partial charge in [0.1, 0.15) is 23.2 Å². The summed E-state index contributed by atoms with van der Waals surface area (Å²) in [6.07, 6.45) is 1.64. The van der Waals surface area contributed by atoms with Gasteiger partial charge in [0.05, 0.1) is 11.3 Å². The first-order chi connectivity index (χ1) is 8.59. The number of nitrogens with one attached hydrogen (secondary N) is 1. The topological polar surface area (TPSA) is 72.0 Å². The predicted molar refractivity (Wildman–Crippen MR) is 66.5 cm³/mol. The molecule has 1 heterocycles. The summed E-state index contributed by atoms with van der Waals surface area (Å²) >= 11 is 0. The summed E-state index contributed by atoms with van der Waals surface area (Å²) in [6.45, 7) is 1.78. The molecule has 0 fully saturated rings. The number of hydrogen-bond donors (Lipinski definition) is 2. The van der Waals surface area contributed by atoms with Crippen molar-refractivity contribution in [3.63, 3.8) is 0 Å². The Labute approximate surface area is 104 Å². The molecule has 5 heteroatoms. The van der Waals surface area contributed by atoms with Crippen LogP contribution in [0.5, 0.6) is 11.5 Å². The molecule has 92 valence electrons. The van der Waals surface area contributed by atoms with Crippen molar-refractivity contribution in [3.05, 3.63) is 53.6 Å². The van der Waals surface area contributed by atoms with Gasteiger partial charge in [-0.15, -0.1) is 0 Å². The lowest BCUT2D eigenvalue weighted by Crippen LogP contribution is -2.14. The maximum absolute atomic E-state index is 13.6. The van der Waals surface area contributed by atoms with Crippen LogP contribution in [0.1, 0.15) is 11.3 Å². The highest BCUT2D eigenvalue weighted by Gasteiger charge is 2.13. The van der Waals surface area contributed by atoms with Crippen molar-refractivity contribution in [2.45, 2.75) is 6.92 Å². The van der Waals surface area contributed by atoms with Crippen molar-refractivity contribution < 1.29 is 9.13 Å². The van der Waals surface area contributed by atoms with Crippen LogP contribution >= 0.6 is 0 Å². The molecule has 1 aromatic heterocycles. The van der Waals surface area contributed by atoms with Crippen LogP contribution in [0.4, 0.5) is 4.39 Å². The highest BCUT2D eigenvalue weighted by atomic mass is 19.1. The molecule has 3 N–H and O–H groups in total. The van der Waals surface area contributed by atoms with E-state index >= 15 is 0 Å². The lowest BCUT2D eigenvalue weighted by atomic mass is 10.1. The highest BCUT2D eigenvalue weighted by Crippen LogP contribution is 2.28. The third-order valence-corrected chi connectivity index (χ3v) is 2.42. The number of amidine groups is 1. The Morgan fingerprint density at radius 2 is 2.00 bits per heavy atom. The number of ether oxygens (including phenoxy) is 1. The van der Waals surface area contributed by atoms with Gasteiger partial charge in [-0.3, -0.25) is 10.4 Å². The van der Waals surface area contributed by atoms with Gasteiger partial charge >= 0.3 is 0 Å². The van der Waals surface area contributed by atoms with Crippen LogP contribution in [-0.4, -0.2) is 10.8 Å². The summed E-state index contributed by atoms with van der Waals surface area (Å²) in [5.74, 6) is -0.240. The van der Waals surface area contributed by atoms with Crippen molar-refractivity contribution in [2.75, 3.05) is 0 Å². The van der Waals surface area contributed by atoms with E-state index in [4.69, 9.17) is 15.9 Å². The summed E-state index contributed by atoms with van der Waals surface area (Å²) < 4.78 is 19.1. The molecular formula is C13H12FN3O. The summed E-state index contributed by atoms with van der Waals surface area (Å²) in [7, 11) is 0. The smallest absolute Gasteiger partial charge is 0.148 e. The summed E-state index contributed by atoms with van der Waals surface area (Å²) in [5.41, 5.74) is 5.99. The standard InChI is InChI=1S/C13H12FN3O/c1-8-10(6-3-7-17-8)18-11-5-2-4-9(14)12(11)13(15)16/h2-7H,1H3,(H3,15,16). The Balaban J connectivity index is 2.44. The molecule has 0 radical (unpaired) electrons. The summed E-state index contributed by atoms with van der Waals surface area (Å²) in [4.78, 5) is 4.07. The van der Waals surface area contributed by atoms with E-state index in [0.29, 0.717) is 11.4 Å². The zero-order chi connectivity index (χ0) is 13.1. The van der Waals surface area contributed by atoms with Crippen LogP contribution in [-0.2, 0) is 0 Å². The maximum Gasteiger partial charge on any atom is 0.148 e. The predicted octanol–water partition coefficient (Wildman–Crippen LogP) is 2.61. The third kappa shape index (κ3) is 2.29. The Morgan fingerprint density at radius 1 is 1.28 bits per heavy atom. The van der Waals surface area contributed by atoms with Gasteiger partial charge in [-0.2, -0.15) is 0 Å². The lowest BCUT2D eigenvalue weighted by molar-refractivity contribution is 0.468. The minimum Gasteiger partial charge on any atom is -0.455 e. The van der Waals surface area contributed by atoms with E-state index in [1.54, 1.807) is 31.3 Å². The molecule has 0 aliphatic heterocycles. The number of nitrogens with zero attached hydrogens (tertiary/aromatic N) is 1. The van der Waals surface area contributed by atoms with Gasteiger partial charge in [0.25, 0.3) is 0 Å². The van der Waals surface area contributed by atoms with Crippen LogP contribution in [0.15, 0.2) is 36.5 Å². The number of rotatable bonds is 3. The molecule has 2 rings (SSSR count). The molecular weight excluding hydrogens is 233 g/mol. The van der Waals surface area contributed by atoms with E-state index in [1.807, 2.05) is 0 Å². The van der Waals surface area contributed by atoms with Gasteiger partial charge < -0.3 is 10.5 Å². The molecule has 18 heavy (non-hydrogen) atoms. The number of hydrogen-bond acceptors (Lipinski definition) is 3. The lowest BCUT2D eigenvalue weighted by Gasteiger charge is -2.11. The van der Waals surface area contributed by atoms with Crippen LogP contribution < -0.4 is 10.5 Å². The molecule has 1 aromatic carbocycles. The Bertz CT molecular complexity index is 599. The monoisotopic (exact) mass is 245 g/mol. The second kappa shape index (κ2) is 4.83. The third-order valence-electron chi connectivity index (χ3n) is 2.42. The molecule has 0 aliphatic carbocycles. The van der Waals surface area contributed by atoms with E-state index in [0.717, 1.165) is 0 Å². The molecule has 0 atom stereocenters. The Kier molecular flexibility index (Phi) is 3.23. The van der Waals surface area contributed by atoms with Crippen molar-refractivity contribution in [1.29, 1.82) is 5.41 Å². The van der Waals surface area contributed by atoms with Gasteiger partial charge in [0.2, 0.25) is 0 Å². The van der Waals surface area contributed by atoms with Crippen LogP contribution in [0.3, 0.4) is 0 Å². The van der Waals surface area contributed by atoms with E-state index in [9.17, 15) is 4.39 Å². The normalized spacial score (nSPS) is 10.1. The van der Waals surface area contributed by atoms with Crippen LogP contribution in [0, 0.1) is 18.2 Å². The van der Waals surface area contributed by atoms with Crippen molar-refractivity contribution in [2.24, 2.45) is 5.73 Å². The zero-order valence-corrected chi connectivity index (χ0v) is 9.77. The molecule has 0 saturated carbocycles. The molecule has 2 aromatic rings. The molecule has 4 nitrogen and oxygen atoms in total.